The second-order valence-corrected chi connectivity index (χ2v) is 3.94. The van der Waals surface area contributed by atoms with Crippen molar-refractivity contribution in [1.29, 1.82) is 0 Å². The predicted octanol–water partition coefficient (Wildman–Crippen LogP) is 0.0162. The van der Waals surface area contributed by atoms with Crippen LogP contribution >= 0.6 is 0 Å². The Kier molecular flexibility index (Phi) is 2.41. The van der Waals surface area contributed by atoms with Gasteiger partial charge in [-0.25, -0.2) is 4.68 Å². The Morgan fingerprint density at radius 1 is 1.44 bits per heavy atom. The van der Waals surface area contributed by atoms with Crippen molar-refractivity contribution in [3.8, 4) is 0 Å². The predicted molar refractivity (Wildman–Crippen MR) is 57.7 cm³/mol. The van der Waals surface area contributed by atoms with Crippen LogP contribution in [0.3, 0.4) is 0 Å². The van der Waals surface area contributed by atoms with E-state index in [2.05, 4.69) is 20.7 Å². The van der Waals surface area contributed by atoms with Gasteiger partial charge < -0.3 is 5.32 Å². The van der Waals surface area contributed by atoms with Gasteiger partial charge in [-0.05, 0) is 19.0 Å². The molecule has 0 spiro atoms. The van der Waals surface area contributed by atoms with Gasteiger partial charge in [-0.3, -0.25) is 4.68 Å². The normalized spacial score (nSPS) is 15.8. The Balaban J connectivity index is 1.87. The first-order chi connectivity index (χ1) is 7.93. The van der Waals surface area contributed by atoms with Crippen LogP contribution in [0.4, 0.5) is 0 Å². The largest absolute Gasteiger partial charge is 0.311 e. The number of fused-ring (bicyclic) bond motifs is 1. The highest BCUT2D eigenvalue weighted by atomic mass is 15.4. The number of nitrogens with one attached hydrogen (secondary N) is 1. The summed E-state index contributed by atoms with van der Waals surface area (Å²) in [6.07, 6.45) is 4.83. The average molecular weight is 218 g/mol. The smallest absolute Gasteiger partial charge is 0.109 e. The van der Waals surface area contributed by atoms with Crippen molar-refractivity contribution < 1.29 is 0 Å². The molecule has 0 bridgehead atoms. The van der Waals surface area contributed by atoms with Crippen LogP contribution in [0.1, 0.15) is 17.8 Å². The average Bonchev–Trinajstić information content (AvgIpc) is 2.86. The van der Waals surface area contributed by atoms with Crippen molar-refractivity contribution in [1.82, 2.24) is 30.1 Å². The van der Waals surface area contributed by atoms with Crippen LogP contribution < -0.4 is 5.32 Å². The summed E-state index contributed by atoms with van der Waals surface area (Å²) in [6.45, 7) is 3.55. The maximum absolute atomic E-state index is 4.23. The highest BCUT2D eigenvalue weighted by Crippen LogP contribution is 2.10. The molecular formula is C10H14N6. The van der Waals surface area contributed by atoms with Crippen molar-refractivity contribution in [2.45, 2.75) is 26.1 Å². The highest BCUT2D eigenvalue weighted by molar-refractivity contribution is 5.11. The summed E-state index contributed by atoms with van der Waals surface area (Å²) in [7, 11) is 0. The second-order valence-electron chi connectivity index (χ2n) is 3.94. The van der Waals surface area contributed by atoms with Crippen LogP contribution in [-0.4, -0.2) is 31.3 Å². The van der Waals surface area contributed by atoms with Crippen LogP contribution in [0.15, 0.2) is 18.5 Å². The maximum Gasteiger partial charge on any atom is 0.109 e. The number of rotatable bonds is 2. The zero-order valence-corrected chi connectivity index (χ0v) is 9.00. The fourth-order valence-corrected chi connectivity index (χ4v) is 1.97. The van der Waals surface area contributed by atoms with Crippen molar-refractivity contribution >= 4 is 0 Å². The second kappa shape index (κ2) is 4.05. The molecule has 16 heavy (non-hydrogen) atoms. The lowest BCUT2D eigenvalue weighted by Crippen LogP contribution is -2.14. The first-order valence-electron chi connectivity index (χ1n) is 5.53. The summed E-state index contributed by atoms with van der Waals surface area (Å²) in [6, 6.07) is 1.92. The van der Waals surface area contributed by atoms with Gasteiger partial charge >= 0.3 is 0 Å². The lowest BCUT2D eigenvalue weighted by Gasteiger charge is -2.03. The molecule has 0 saturated carbocycles. The van der Waals surface area contributed by atoms with Crippen LogP contribution in [0.2, 0.25) is 0 Å². The number of hydrogen-bond donors (Lipinski definition) is 1. The summed E-state index contributed by atoms with van der Waals surface area (Å²) in [5, 5.41) is 16.0. The van der Waals surface area contributed by atoms with Crippen LogP contribution in [0, 0.1) is 0 Å². The lowest BCUT2D eigenvalue weighted by atomic mass is 10.3. The third-order valence-electron chi connectivity index (χ3n) is 2.80. The van der Waals surface area contributed by atoms with Gasteiger partial charge in [-0.2, -0.15) is 5.10 Å². The molecule has 0 unspecified atom stereocenters. The Morgan fingerprint density at radius 2 is 2.44 bits per heavy atom. The summed E-state index contributed by atoms with van der Waals surface area (Å²) in [4.78, 5) is 0. The summed E-state index contributed by atoms with van der Waals surface area (Å²) >= 11 is 0. The van der Waals surface area contributed by atoms with E-state index < -0.39 is 0 Å². The van der Waals surface area contributed by atoms with Gasteiger partial charge in [0, 0.05) is 25.5 Å². The molecule has 6 nitrogen and oxygen atoms in total. The van der Waals surface area contributed by atoms with Gasteiger partial charge in [0.15, 0.2) is 0 Å². The van der Waals surface area contributed by atoms with Crippen molar-refractivity contribution in [3.63, 3.8) is 0 Å². The maximum atomic E-state index is 4.23. The fourth-order valence-electron chi connectivity index (χ4n) is 1.97. The Hall–Kier alpha value is -1.69. The molecule has 2 aromatic heterocycles. The topological polar surface area (TPSA) is 60.6 Å². The van der Waals surface area contributed by atoms with E-state index in [4.69, 9.17) is 0 Å². The Bertz CT molecular complexity index is 458. The summed E-state index contributed by atoms with van der Waals surface area (Å²) in [5.74, 6) is 0. The van der Waals surface area contributed by atoms with Crippen molar-refractivity contribution in [2.24, 2.45) is 0 Å². The van der Waals surface area contributed by atoms with E-state index in [1.165, 1.54) is 5.69 Å². The number of hydrogen-bond acceptors (Lipinski definition) is 4. The van der Waals surface area contributed by atoms with E-state index in [1.807, 2.05) is 21.6 Å². The van der Waals surface area contributed by atoms with Gasteiger partial charge in [0.05, 0.1) is 12.2 Å². The molecule has 1 N–H and O–H groups in total. The van der Waals surface area contributed by atoms with Crippen LogP contribution in [0.25, 0.3) is 0 Å². The van der Waals surface area contributed by atoms with Crippen molar-refractivity contribution in [3.05, 3.63) is 29.8 Å². The third kappa shape index (κ3) is 1.71. The monoisotopic (exact) mass is 218 g/mol. The van der Waals surface area contributed by atoms with Gasteiger partial charge in [0.25, 0.3) is 0 Å². The molecule has 3 heterocycles. The van der Waals surface area contributed by atoms with E-state index >= 15 is 0 Å². The first kappa shape index (κ1) is 9.53. The number of nitrogens with zero attached hydrogens (tertiary/aromatic N) is 5. The molecule has 0 aromatic carbocycles. The molecular weight excluding hydrogens is 204 g/mol. The molecule has 0 fully saturated rings. The third-order valence-corrected chi connectivity index (χ3v) is 2.80. The standard InChI is InChI=1S/C10H14N6/c1-3-11-7-10-9(13-14-16(10)6-1)8-15-5-2-4-12-15/h2,4-5,11H,1,3,6-8H2. The lowest BCUT2D eigenvalue weighted by molar-refractivity contribution is 0.566. The molecule has 0 radical (unpaired) electrons. The SMILES string of the molecule is c1cnn(Cc2nnn3c2CNCCC3)c1. The molecule has 3 rings (SSSR count). The molecule has 1 aliphatic rings. The molecule has 0 aliphatic carbocycles. The minimum Gasteiger partial charge on any atom is -0.311 e. The minimum atomic E-state index is 0.698. The van der Waals surface area contributed by atoms with Crippen LogP contribution in [-0.2, 0) is 19.6 Å². The molecule has 84 valence electrons. The van der Waals surface area contributed by atoms with Gasteiger partial charge in [0.2, 0.25) is 0 Å². The van der Waals surface area contributed by atoms with E-state index in [-0.39, 0.29) is 0 Å². The molecule has 1 aliphatic heterocycles. The van der Waals surface area contributed by atoms with Gasteiger partial charge in [0.1, 0.15) is 5.69 Å². The fraction of sp³-hybridized carbons (Fsp3) is 0.500. The van der Waals surface area contributed by atoms with Gasteiger partial charge in [-0.1, -0.05) is 5.21 Å². The summed E-state index contributed by atoms with van der Waals surface area (Å²) < 4.78 is 3.87. The number of aromatic nitrogens is 5. The Labute approximate surface area is 93.3 Å². The summed E-state index contributed by atoms with van der Waals surface area (Å²) in [5.41, 5.74) is 2.20. The van der Waals surface area contributed by atoms with E-state index in [0.717, 1.165) is 31.7 Å². The van der Waals surface area contributed by atoms with Gasteiger partial charge in [-0.15, -0.1) is 5.10 Å². The van der Waals surface area contributed by atoms with Crippen LogP contribution in [0.5, 0.6) is 0 Å². The van der Waals surface area contributed by atoms with E-state index in [9.17, 15) is 0 Å². The molecule has 6 heteroatoms. The molecule has 0 amide bonds. The first-order valence-corrected chi connectivity index (χ1v) is 5.53. The zero-order chi connectivity index (χ0) is 10.8. The quantitative estimate of drug-likeness (QED) is 0.771. The molecule has 0 saturated heterocycles. The highest BCUT2D eigenvalue weighted by Gasteiger charge is 2.15. The van der Waals surface area contributed by atoms with E-state index in [1.54, 1.807) is 6.20 Å². The van der Waals surface area contributed by atoms with Crippen molar-refractivity contribution in [2.75, 3.05) is 6.54 Å². The minimum absolute atomic E-state index is 0.698. The molecule has 0 atom stereocenters. The number of aryl methyl sites for hydroxylation is 1. The Morgan fingerprint density at radius 3 is 3.31 bits per heavy atom. The molecule has 2 aromatic rings. The van der Waals surface area contributed by atoms with E-state index in [0.29, 0.717) is 6.54 Å². The zero-order valence-electron chi connectivity index (χ0n) is 9.00.